The first-order chi connectivity index (χ1) is 15.7. The number of nitrogens with zero attached hydrogens (tertiary/aromatic N) is 4. The highest BCUT2D eigenvalue weighted by molar-refractivity contribution is 5.73. The number of esters is 1. The summed E-state index contributed by atoms with van der Waals surface area (Å²) in [6.07, 6.45) is -2.27. The van der Waals surface area contributed by atoms with Gasteiger partial charge in [-0.3, -0.25) is 4.79 Å². The minimum atomic E-state index is -4.55. The van der Waals surface area contributed by atoms with Crippen molar-refractivity contribution in [3.8, 4) is 11.4 Å². The van der Waals surface area contributed by atoms with E-state index < -0.39 is 29.4 Å². The molecule has 1 aromatic carbocycles. The molecule has 3 heterocycles. The Bertz CT molecular complexity index is 1150. The van der Waals surface area contributed by atoms with Gasteiger partial charge in [0.05, 0.1) is 11.5 Å². The number of ether oxygens (including phenoxy) is 1. The number of pyridine rings is 1. The minimum absolute atomic E-state index is 0.0242. The van der Waals surface area contributed by atoms with Gasteiger partial charge in [0, 0.05) is 24.8 Å². The number of aryl methyl sites for hydroxylation is 1. The van der Waals surface area contributed by atoms with Gasteiger partial charge in [0.1, 0.15) is 11.6 Å². The smallest absolute Gasteiger partial charge is 0.419 e. The van der Waals surface area contributed by atoms with Crippen molar-refractivity contribution in [1.29, 1.82) is 0 Å². The Hall–Kier alpha value is -3.50. The lowest BCUT2D eigenvalue weighted by Crippen LogP contribution is -2.40. The van der Waals surface area contributed by atoms with Gasteiger partial charge in [0.25, 0.3) is 5.89 Å². The van der Waals surface area contributed by atoms with Crippen molar-refractivity contribution in [3.63, 3.8) is 0 Å². The molecule has 7 nitrogen and oxygen atoms in total. The van der Waals surface area contributed by atoms with Gasteiger partial charge in [-0.05, 0) is 43.5 Å². The number of hydrogen-bond acceptors (Lipinski definition) is 7. The lowest BCUT2D eigenvalue weighted by Gasteiger charge is -2.33. The van der Waals surface area contributed by atoms with Crippen molar-refractivity contribution in [2.45, 2.75) is 32.5 Å². The monoisotopic (exact) mass is 464 g/mol. The van der Waals surface area contributed by atoms with Crippen LogP contribution < -0.4 is 4.90 Å². The first-order valence-corrected chi connectivity index (χ1v) is 10.3. The van der Waals surface area contributed by atoms with Gasteiger partial charge in [-0.1, -0.05) is 17.3 Å². The van der Waals surface area contributed by atoms with Gasteiger partial charge in [0.15, 0.2) is 6.61 Å². The van der Waals surface area contributed by atoms with Crippen molar-refractivity contribution >= 4 is 11.8 Å². The predicted octanol–water partition coefficient (Wildman–Crippen LogP) is 4.56. The quantitative estimate of drug-likeness (QED) is 0.405. The lowest BCUT2D eigenvalue weighted by atomic mass is 9.98. The van der Waals surface area contributed by atoms with Crippen LogP contribution in [0.3, 0.4) is 0 Å². The van der Waals surface area contributed by atoms with E-state index in [4.69, 9.17) is 9.26 Å². The maximum atomic E-state index is 13.7. The Kier molecular flexibility index (Phi) is 6.30. The van der Waals surface area contributed by atoms with Gasteiger partial charge in [-0.25, -0.2) is 9.37 Å². The highest BCUT2D eigenvalue weighted by Gasteiger charge is 2.37. The molecule has 1 unspecified atom stereocenters. The van der Waals surface area contributed by atoms with Gasteiger partial charge in [-0.15, -0.1) is 0 Å². The van der Waals surface area contributed by atoms with E-state index in [0.29, 0.717) is 30.5 Å². The zero-order valence-electron chi connectivity index (χ0n) is 17.6. The summed E-state index contributed by atoms with van der Waals surface area (Å²) in [5.41, 5.74) is 0.0501. The van der Waals surface area contributed by atoms with E-state index in [1.54, 1.807) is 19.1 Å². The molecule has 0 amide bonds. The Morgan fingerprint density at radius 2 is 2.12 bits per heavy atom. The first kappa shape index (κ1) is 22.7. The lowest BCUT2D eigenvalue weighted by molar-refractivity contribution is -0.151. The van der Waals surface area contributed by atoms with Crippen LogP contribution >= 0.6 is 0 Å². The zero-order valence-corrected chi connectivity index (χ0v) is 17.6. The number of carbonyl (C=O) groups excluding carboxylic acids is 1. The summed E-state index contributed by atoms with van der Waals surface area (Å²) in [6, 6.07) is 6.70. The highest BCUT2D eigenvalue weighted by atomic mass is 19.4. The van der Waals surface area contributed by atoms with Crippen molar-refractivity contribution in [2.75, 3.05) is 18.0 Å². The van der Waals surface area contributed by atoms with Gasteiger partial charge >= 0.3 is 12.1 Å². The molecule has 3 aromatic rings. The van der Waals surface area contributed by atoms with E-state index in [-0.39, 0.29) is 30.7 Å². The molecule has 2 aromatic heterocycles. The summed E-state index contributed by atoms with van der Waals surface area (Å²) in [6.45, 7) is 1.74. The molecular formula is C22H20F4N4O3. The van der Waals surface area contributed by atoms with Crippen molar-refractivity contribution in [1.82, 2.24) is 15.1 Å². The third-order valence-corrected chi connectivity index (χ3v) is 5.38. The largest absolute Gasteiger partial charge is 0.455 e. The summed E-state index contributed by atoms with van der Waals surface area (Å²) >= 11 is 0. The van der Waals surface area contributed by atoms with E-state index in [2.05, 4.69) is 15.1 Å². The Labute approximate surface area is 186 Å². The average molecular weight is 464 g/mol. The van der Waals surface area contributed by atoms with Gasteiger partial charge < -0.3 is 14.2 Å². The number of halogens is 4. The van der Waals surface area contributed by atoms with Crippen LogP contribution in [0.25, 0.3) is 11.4 Å². The van der Waals surface area contributed by atoms with E-state index in [1.807, 2.05) is 0 Å². The van der Waals surface area contributed by atoms with Crippen LogP contribution in [-0.2, 0) is 22.3 Å². The van der Waals surface area contributed by atoms with Crippen LogP contribution in [0.1, 0.15) is 29.9 Å². The second-order valence-corrected chi connectivity index (χ2v) is 7.74. The Morgan fingerprint density at radius 3 is 2.88 bits per heavy atom. The van der Waals surface area contributed by atoms with E-state index in [1.165, 1.54) is 23.2 Å². The predicted molar refractivity (Wildman–Crippen MR) is 108 cm³/mol. The fourth-order valence-electron chi connectivity index (χ4n) is 3.65. The van der Waals surface area contributed by atoms with E-state index in [9.17, 15) is 22.4 Å². The second kappa shape index (κ2) is 9.16. The molecule has 33 heavy (non-hydrogen) atoms. The topological polar surface area (TPSA) is 81.4 Å². The number of aromatic nitrogens is 3. The molecule has 0 bridgehead atoms. The molecule has 174 valence electrons. The average Bonchev–Trinajstić information content (AvgIpc) is 3.28. The number of hydrogen-bond donors (Lipinski definition) is 0. The second-order valence-electron chi connectivity index (χ2n) is 7.74. The van der Waals surface area contributed by atoms with Gasteiger partial charge in [-0.2, -0.15) is 18.2 Å². The summed E-state index contributed by atoms with van der Waals surface area (Å²) in [7, 11) is 0. The highest BCUT2D eigenvalue weighted by Crippen LogP contribution is 2.36. The zero-order chi connectivity index (χ0) is 23.6. The fourth-order valence-corrected chi connectivity index (χ4v) is 3.65. The van der Waals surface area contributed by atoms with Crippen LogP contribution in [0.5, 0.6) is 0 Å². The molecule has 1 saturated heterocycles. The standard InChI is InChI=1S/C22H20F4N4O3/c1-13-6-7-14(10-17(13)23)19-28-18(33-29-19)12-32-21(31)15-4-3-9-30(11-15)20-16(22(24,25)26)5-2-8-27-20/h2,5-8,10,15H,3-4,9,11-12H2,1H3. The number of carbonyl (C=O) groups is 1. The van der Waals surface area contributed by atoms with Crippen molar-refractivity contribution in [2.24, 2.45) is 5.92 Å². The number of piperidine rings is 1. The SMILES string of the molecule is Cc1ccc(-c2noc(COC(=O)C3CCCN(c4ncccc4C(F)(F)F)C3)n2)cc1F. The molecule has 4 rings (SSSR count). The Morgan fingerprint density at radius 1 is 1.30 bits per heavy atom. The number of alkyl halides is 3. The molecule has 1 aliphatic rings. The molecule has 1 atom stereocenters. The van der Waals surface area contributed by atoms with Crippen molar-refractivity contribution in [3.05, 3.63) is 59.4 Å². The maximum Gasteiger partial charge on any atom is 0.419 e. The van der Waals surface area contributed by atoms with Crippen molar-refractivity contribution < 1.29 is 31.6 Å². The molecule has 0 aliphatic carbocycles. The molecule has 0 N–H and O–H groups in total. The van der Waals surface area contributed by atoms with E-state index in [0.717, 1.165) is 6.07 Å². The number of benzene rings is 1. The van der Waals surface area contributed by atoms with Crippen LogP contribution in [-0.4, -0.2) is 34.2 Å². The maximum absolute atomic E-state index is 13.7. The van der Waals surface area contributed by atoms with E-state index >= 15 is 0 Å². The minimum Gasteiger partial charge on any atom is -0.455 e. The first-order valence-electron chi connectivity index (χ1n) is 10.3. The molecule has 1 aliphatic heterocycles. The fraction of sp³-hybridized carbons (Fsp3) is 0.364. The van der Waals surface area contributed by atoms with Crippen LogP contribution in [0.15, 0.2) is 41.1 Å². The van der Waals surface area contributed by atoms with Crippen LogP contribution in [0.2, 0.25) is 0 Å². The molecule has 0 spiro atoms. The molecular weight excluding hydrogens is 444 g/mol. The number of rotatable bonds is 5. The number of anilines is 1. The van der Waals surface area contributed by atoms with Crippen LogP contribution in [0.4, 0.5) is 23.4 Å². The molecule has 1 fully saturated rings. The third kappa shape index (κ3) is 5.12. The Balaban J connectivity index is 1.39. The molecule has 0 radical (unpaired) electrons. The summed E-state index contributed by atoms with van der Waals surface area (Å²) in [5, 5.41) is 3.76. The summed E-state index contributed by atoms with van der Waals surface area (Å²) in [5.74, 6) is -1.64. The summed E-state index contributed by atoms with van der Waals surface area (Å²) in [4.78, 5) is 22.0. The third-order valence-electron chi connectivity index (χ3n) is 5.38. The molecule has 11 heteroatoms. The summed E-state index contributed by atoms with van der Waals surface area (Å²) < 4.78 is 64.1. The normalized spacial score (nSPS) is 16.6. The molecule has 0 saturated carbocycles. The van der Waals surface area contributed by atoms with Gasteiger partial charge in [0.2, 0.25) is 5.82 Å². The van der Waals surface area contributed by atoms with Crippen LogP contribution in [0, 0.1) is 18.7 Å².